The standard InChI is InChI=1S/C11H15N3O3S/c12-18(16,17)10-4-2-1-3-9(10)14-11(15)8-5-6-13-7-8/h1-4,8,13H,5-7H2,(H,14,15)(H2,12,16,17). The highest BCUT2D eigenvalue weighted by molar-refractivity contribution is 7.89. The molecular weight excluding hydrogens is 254 g/mol. The van der Waals surface area contributed by atoms with Crippen LogP contribution in [0.2, 0.25) is 0 Å². The van der Waals surface area contributed by atoms with E-state index in [1.54, 1.807) is 12.1 Å². The maximum atomic E-state index is 11.9. The first-order valence-corrected chi connectivity index (χ1v) is 7.16. The number of sulfonamides is 1. The molecule has 7 heteroatoms. The van der Waals surface area contributed by atoms with Crippen molar-refractivity contribution in [2.45, 2.75) is 11.3 Å². The highest BCUT2D eigenvalue weighted by Gasteiger charge is 2.24. The van der Waals surface area contributed by atoms with Crippen molar-refractivity contribution in [2.24, 2.45) is 11.1 Å². The fourth-order valence-corrected chi connectivity index (χ4v) is 2.63. The van der Waals surface area contributed by atoms with Gasteiger partial charge in [0.25, 0.3) is 0 Å². The Balaban J connectivity index is 2.21. The number of benzene rings is 1. The lowest BCUT2D eigenvalue weighted by atomic mass is 10.1. The predicted molar refractivity (Wildman–Crippen MR) is 67.4 cm³/mol. The second-order valence-corrected chi connectivity index (χ2v) is 5.75. The van der Waals surface area contributed by atoms with Crippen LogP contribution in [0.5, 0.6) is 0 Å². The van der Waals surface area contributed by atoms with Crippen LogP contribution in [0, 0.1) is 5.92 Å². The van der Waals surface area contributed by atoms with Crippen molar-refractivity contribution in [3.05, 3.63) is 24.3 Å². The Labute approximate surface area is 106 Å². The molecule has 1 heterocycles. The topological polar surface area (TPSA) is 101 Å². The number of nitrogens with two attached hydrogens (primary N) is 1. The molecule has 0 bridgehead atoms. The smallest absolute Gasteiger partial charge is 0.240 e. The van der Waals surface area contributed by atoms with E-state index in [2.05, 4.69) is 10.6 Å². The summed E-state index contributed by atoms with van der Waals surface area (Å²) in [4.78, 5) is 11.8. The SMILES string of the molecule is NS(=O)(=O)c1ccccc1NC(=O)C1CCNC1. The third kappa shape index (κ3) is 2.87. The van der Waals surface area contributed by atoms with Gasteiger partial charge >= 0.3 is 0 Å². The van der Waals surface area contributed by atoms with Gasteiger partial charge in [0.05, 0.1) is 11.6 Å². The van der Waals surface area contributed by atoms with Gasteiger partial charge in [-0.1, -0.05) is 12.1 Å². The van der Waals surface area contributed by atoms with Crippen molar-refractivity contribution in [1.82, 2.24) is 5.32 Å². The molecule has 0 saturated carbocycles. The molecule has 1 unspecified atom stereocenters. The van der Waals surface area contributed by atoms with Crippen molar-refractivity contribution >= 4 is 21.6 Å². The average molecular weight is 269 g/mol. The Morgan fingerprint density at radius 3 is 2.72 bits per heavy atom. The highest BCUT2D eigenvalue weighted by Crippen LogP contribution is 2.20. The van der Waals surface area contributed by atoms with Gasteiger partial charge in [-0.3, -0.25) is 4.79 Å². The highest BCUT2D eigenvalue weighted by atomic mass is 32.2. The molecule has 0 radical (unpaired) electrons. The van der Waals surface area contributed by atoms with Gasteiger partial charge in [-0.15, -0.1) is 0 Å². The van der Waals surface area contributed by atoms with Gasteiger partial charge in [0.1, 0.15) is 4.90 Å². The summed E-state index contributed by atoms with van der Waals surface area (Å²) in [5, 5.41) is 10.8. The molecule has 6 nitrogen and oxygen atoms in total. The van der Waals surface area contributed by atoms with Gasteiger partial charge in [-0.2, -0.15) is 0 Å². The number of amides is 1. The number of nitrogens with one attached hydrogen (secondary N) is 2. The van der Waals surface area contributed by atoms with Gasteiger partial charge in [-0.25, -0.2) is 13.6 Å². The van der Waals surface area contributed by atoms with Gasteiger partial charge in [-0.05, 0) is 25.1 Å². The number of hydrogen-bond donors (Lipinski definition) is 3. The molecule has 1 atom stereocenters. The first kappa shape index (κ1) is 13.0. The lowest BCUT2D eigenvalue weighted by molar-refractivity contribution is -0.119. The molecule has 2 rings (SSSR count). The van der Waals surface area contributed by atoms with E-state index in [0.29, 0.717) is 6.54 Å². The fourth-order valence-electron chi connectivity index (χ4n) is 1.93. The molecule has 1 aromatic carbocycles. The van der Waals surface area contributed by atoms with Gasteiger partial charge < -0.3 is 10.6 Å². The summed E-state index contributed by atoms with van der Waals surface area (Å²) >= 11 is 0. The molecule has 1 aliphatic heterocycles. The van der Waals surface area contributed by atoms with Crippen LogP contribution in [-0.4, -0.2) is 27.4 Å². The third-order valence-electron chi connectivity index (χ3n) is 2.88. The fraction of sp³-hybridized carbons (Fsp3) is 0.364. The summed E-state index contributed by atoms with van der Waals surface area (Å²) in [7, 11) is -3.83. The van der Waals surface area contributed by atoms with Gasteiger partial charge in [0.15, 0.2) is 0 Å². The van der Waals surface area contributed by atoms with E-state index >= 15 is 0 Å². The van der Waals surface area contributed by atoms with E-state index in [4.69, 9.17) is 5.14 Å². The van der Waals surface area contributed by atoms with E-state index in [9.17, 15) is 13.2 Å². The Kier molecular flexibility index (Phi) is 3.65. The van der Waals surface area contributed by atoms with Crippen LogP contribution in [-0.2, 0) is 14.8 Å². The molecule has 0 aliphatic carbocycles. The minimum absolute atomic E-state index is 0.0655. The molecule has 18 heavy (non-hydrogen) atoms. The van der Waals surface area contributed by atoms with E-state index in [1.807, 2.05) is 0 Å². The van der Waals surface area contributed by atoms with Crippen molar-refractivity contribution in [3.8, 4) is 0 Å². The number of carbonyl (C=O) groups is 1. The van der Waals surface area contributed by atoms with Gasteiger partial charge in [0, 0.05) is 6.54 Å². The lowest BCUT2D eigenvalue weighted by Gasteiger charge is -2.12. The maximum absolute atomic E-state index is 11.9. The number of anilines is 1. The second kappa shape index (κ2) is 5.05. The number of carbonyl (C=O) groups excluding carboxylic acids is 1. The normalized spacial score (nSPS) is 19.7. The number of rotatable bonds is 3. The van der Waals surface area contributed by atoms with Crippen LogP contribution in [0.15, 0.2) is 29.2 Å². The number of hydrogen-bond acceptors (Lipinski definition) is 4. The van der Waals surface area contributed by atoms with E-state index in [-0.39, 0.29) is 22.4 Å². The molecule has 0 spiro atoms. The summed E-state index contributed by atoms with van der Waals surface area (Å²) in [5.74, 6) is -0.311. The summed E-state index contributed by atoms with van der Waals surface area (Å²) < 4.78 is 22.7. The summed E-state index contributed by atoms with van der Waals surface area (Å²) in [6.07, 6.45) is 0.753. The molecule has 0 aromatic heterocycles. The van der Waals surface area contributed by atoms with Crippen LogP contribution in [0.3, 0.4) is 0 Å². The predicted octanol–water partition coefficient (Wildman–Crippen LogP) is -0.118. The van der Waals surface area contributed by atoms with Crippen molar-refractivity contribution in [1.29, 1.82) is 0 Å². The van der Waals surface area contributed by atoms with Gasteiger partial charge in [0.2, 0.25) is 15.9 Å². The summed E-state index contributed by atoms with van der Waals surface area (Å²) in [6, 6.07) is 6.11. The first-order valence-electron chi connectivity index (χ1n) is 5.62. The number of primary sulfonamides is 1. The van der Waals surface area contributed by atoms with Crippen LogP contribution in [0.1, 0.15) is 6.42 Å². The van der Waals surface area contributed by atoms with Crippen LogP contribution >= 0.6 is 0 Å². The molecule has 4 N–H and O–H groups in total. The number of para-hydroxylation sites is 1. The molecule has 1 fully saturated rings. The molecular formula is C11H15N3O3S. The maximum Gasteiger partial charge on any atom is 0.240 e. The molecule has 1 aliphatic rings. The van der Waals surface area contributed by atoms with Crippen molar-refractivity contribution in [3.63, 3.8) is 0 Å². The average Bonchev–Trinajstić information content (AvgIpc) is 2.81. The zero-order chi connectivity index (χ0) is 13.2. The summed E-state index contributed by atoms with van der Waals surface area (Å²) in [6.45, 7) is 1.41. The van der Waals surface area contributed by atoms with E-state index in [0.717, 1.165) is 13.0 Å². The zero-order valence-electron chi connectivity index (χ0n) is 9.72. The monoisotopic (exact) mass is 269 g/mol. The Morgan fingerprint density at radius 1 is 1.39 bits per heavy atom. The summed E-state index contributed by atoms with van der Waals surface area (Å²) in [5.41, 5.74) is 0.233. The Morgan fingerprint density at radius 2 is 2.11 bits per heavy atom. The largest absolute Gasteiger partial charge is 0.325 e. The zero-order valence-corrected chi connectivity index (χ0v) is 10.5. The quantitative estimate of drug-likeness (QED) is 0.712. The van der Waals surface area contributed by atoms with E-state index < -0.39 is 10.0 Å². The Hall–Kier alpha value is -1.44. The Bertz CT molecular complexity index is 550. The van der Waals surface area contributed by atoms with Crippen molar-refractivity contribution in [2.75, 3.05) is 18.4 Å². The van der Waals surface area contributed by atoms with Crippen LogP contribution in [0.4, 0.5) is 5.69 Å². The first-order chi connectivity index (χ1) is 8.48. The lowest BCUT2D eigenvalue weighted by Crippen LogP contribution is -2.26. The second-order valence-electron chi connectivity index (χ2n) is 4.22. The molecule has 98 valence electrons. The van der Waals surface area contributed by atoms with Crippen LogP contribution in [0.25, 0.3) is 0 Å². The molecule has 1 saturated heterocycles. The van der Waals surface area contributed by atoms with Crippen LogP contribution < -0.4 is 15.8 Å². The third-order valence-corrected chi connectivity index (χ3v) is 3.85. The molecule has 1 aromatic rings. The van der Waals surface area contributed by atoms with Crippen molar-refractivity contribution < 1.29 is 13.2 Å². The minimum atomic E-state index is -3.83. The minimum Gasteiger partial charge on any atom is -0.325 e. The molecule has 1 amide bonds. The van der Waals surface area contributed by atoms with E-state index in [1.165, 1.54) is 12.1 Å².